The lowest BCUT2D eigenvalue weighted by Gasteiger charge is -2.27. The van der Waals surface area contributed by atoms with E-state index in [1.54, 1.807) is 12.3 Å². The van der Waals surface area contributed by atoms with Crippen LogP contribution in [0.3, 0.4) is 0 Å². The van der Waals surface area contributed by atoms with Crippen molar-refractivity contribution in [2.75, 3.05) is 12.4 Å². The molecule has 1 aromatic heterocycles. The molecule has 1 fully saturated rings. The molecular weight excluding hydrogens is 216 g/mol. The highest BCUT2D eigenvalue weighted by Gasteiger charge is 2.37. The summed E-state index contributed by atoms with van der Waals surface area (Å²) in [4.78, 5) is 15.4. The minimum absolute atomic E-state index is 0.0642. The second-order valence-electron chi connectivity index (χ2n) is 5.04. The van der Waals surface area contributed by atoms with Crippen LogP contribution in [-0.4, -0.2) is 23.6 Å². The number of esters is 1. The van der Waals surface area contributed by atoms with Gasteiger partial charge in [0.05, 0.1) is 7.11 Å². The summed E-state index contributed by atoms with van der Waals surface area (Å²) in [5.41, 5.74) is 1.32. The van der Waals surface area contributed by atoms with Crippen LogP contribution in [0, 0.1) is 5.92 Å². The summed E-state index contributed by atoms with van der Waals surface area (Å²) in [6.45, 7) is 4.37. The monoisotopic (exact) mass is 234 g/mol. The second-order valence-corrected chi connectivity index (χ2v) is 5.04. The van der Waals surface area contributed by atoms with Crippen molar-refractivity contribution in [3.63, 3.8) is 0 Å². The van der Waals surface area contributed by atoms with Crippen LogP contribution in [0.5, 0.6) is 0 Å². The minimum Gasteiger partial charge on any atom is -0.464 e. The molecule has 1 aliphatic rings. The van der Waals surface area contributed by atoms with Crippen LogP contribution in [0.15, 0.2) is 18.3 Å². The van der Waals surface area contributed by atoms with E-state index in [0.717, 1.165) is 11.6 Å². The van der Waals surface area contributed by atoms with Crippen molar-refractivity contribution in [1.29, 1.82) is 0 Å². The van der Waals surface area contributed by atoms with Crippen LogP contribution < -0.4 is 5.32 Å². The van der Waals surface area contributed by atoms with Crippen LogP contribution in [0.25, 0.3) is 0 Å². The number of nitrogens with one attached hydrogen (secondary N) is 1. The van der Waals surface area contributed by atoms with Crippen LogP contribution in [0.1, 0.15) is 37.2 Å². The SMILES string of the molecule is COC(=O)c1cc(NC(C)(C)C2CC2)ccn1. The van der Waals surface area contributed by atoms with E-state index in [4.69, 9.17) is 0 Å². The van der Waals surface area contributed by atoms with Crippen molar-refractivity contribution < 1.29 is 9.53 Å². The maximum atomic E-state index is 11.4. The number of hydrogen-bond donors (Lipinski definition) is 1. The van der Waals surface area contributed by atoms with Crippen molar-refractivity contribution >= 4 is 11.7 Å². The second kappa shape index (κ2) is 4.35. The average Bonchev–Trinajstić information content (AvgIpc) is 3.11. The van der Waals surface area contributed by atoms with E-state index in [2.05, 4.69) is 28.9 Å². The van der Waals surface area contributed by atoms with Crippen molar-refractivity contribution in [1.82, 2.24) is 4.98 Å². The first-order valence-electron chi connectivity index (χ1n) is 5.85. The molecule has 0 saturated heterocycles. The zero-order valence-corrected chi connectivity index (χ0v) is 10.5. The molecule has 0 radical (unpaired) electrons. The Morgan fingerprint density at radius 1 is 1.53 bits per heavy atom. The maximum Gasteiger partial charge on any atom is 0.356 e. The van der Waals surface area contributed by atoms with E-state index in [1.165, 1.54) is 20.0 Å². The Morgan fingerprint density at radius 3 is 2.82 bits per heavy atom. The Balaban J connectivity index is 2.13. The number of methoxy groups -OCH3 is 1. The number of hydrogen-bond acceptors (Lipinski definition) is 4. The molecule has 92 valence electrons. The van der Waals surface area contributed by atoms with E-state index >= 15 is 0 Å². The maximum absolute atomic E-state index is 11.4. The summed E-state index contributed by atoms with van der Waals surface area (Å²) >= 11 is 0. The van der Waals surface area contributed by atoms with Crippen molar-refractivity contribution in [2.45, 2.75) is 32.2 Å². The molecule has 0 aromatic carbocycles. The number of carbonyl (C=O) groups is 1. The van der Waals surface area contributed by atoms with E-state index in [0.29, 0.717) is 5.69 Å². The molecule has 4 heteroatoms. The third-order valence-corrected chi connectivity index (χ3v) is 3.22. The molecule has 0 atom stereocenters. The van der Waals surface area contributed by atoms with Crippen molar-refractivity contribution in [3.05, 3.63) is 24.0 Å². The molecule has 2 rings (SSSR count). The van der Waals surface area contributed by atoms with Gasteiger partial charge in [-0.25, -0.2) is 9.78 Å². The molecule has 1 saturated carbocycles. The molecule has 0 amide bonds. The number of anilines is 1. The molecule has 0 spiro atoms. The van der Waals surface area contributed by atoms with Gasteiger partial charge in [-0.15, -0.1) is 0 Å². The Morgan fingerprint density at radius 2 is 2.24 bits per heavy atom. The number of aromatic nitrogens is 1. The van der Waals surface area contributed by atoms with Gasteiger partial charge in [0.2, 0.25) is 0 Å². The Kier molecular flexibility index (Phi) is 3.05. The lowest BCUT2D eigenvalue weighted by atomic mass is 9.98. The number of pyridine rings is 1. The van der Waals surface area contributed by atoms with Crippen LogP contribution in [0.2, 0.25) is 0 Å². The zero-order valence-electron chi connectivity index (χ0n) is 10.5. The number of ether oxygens (including phenoxy) is 1. The topological polar surface area (TPSA) is 51.2 Å². The van der Waals surface area contributed by atoms with Gasteiger partial charge < -0.3 is 10.1 Å². The minimum atomic E-state index is -0.405. The summed E-state index contributed by atoms with van der Waals surface area (Å²) in [6.07, 6.45) is 4.17. The van der Waals surface area contributed by atoms with E-state index < -0.39 is 5.97 Å². The highest BCUT2D eigenvalue weighted by Crippen LogP contribution is 2.41. The summed E-state index contributed by atoms with van der Waals surface area (Å²) in [6, 6.07) is 3.60. The first-order chi connectivity index (χ1) is 8.03. The average molecular weight is 234 g/mol. The van der Waals surface area contributed by atoms with E-state index in [1.807, 2.05) is 6.07 Å². The Bertz CT molecular complexity index is 425. The fraction of sp³-hybridized carbons (Fsp3) is 0.538. The normalized spacial score (nSPS) is 15.5. The van der Waals surface area contributed by atoms with E-state index in [9.17, 15) is 4.79 Å². The molecule has 1 heterocycles. The summed E-state index contributed by atoms with van der Waals surface area (Å²) in [5, 5.41) is 3.45. The van der Waals surface area contributed by atoms with Gasteiger partial charge in [0, 0.05) is 17.4 Å². The Labute approximate surface area is 101 Å². The zero-order chi connectivity index (χ0) is 12.5. The molecule has 1 aliphatic carbocycles. The molecule has 0 bridgehead atoms. The summed E-state index contributed by atoms with van der Waals surface area (Å²) in [5.74, 6) is 0.315. The van der Waals surface area contributed by atoms with Crippen LogP contribution >= 0.6 is 0 Å². The lowest BCUT2D eigenvalue weighted by molar-refractivity contribution is 0.0594. The van der Waals surface area contributed by atoms with Crippen molar-refractivity contribution in [3.8, 4) is 0 Å². The van der Waals surface area contributed by atoms with Crippen molar-refractivity contribution in [2.24, 2.45) is 5.92 Å². The standard InChI is InChI=1S/C13H18N2O2/c1-13(2,9-4-5-9)15-10-6-7-14-11(8-10)12(16)17-3/h6-9H,4-5H2,1-3H3,(H,14,15). The van der Waals surface area contributed by atoms with Crippen LogP contribution in [-0.2, 0) is 4.74 Å². The highest BCUT2D eigenvalue weighted by molar-refractivity contribution is 5.88. The van der Waals surface area contributed by atoms with Crippen LogP contribution in [0.4, 0.5) is 5.69 Å². The molecule has 1 aromatic rings. The van der Waals surface area contributed by atoms with Gasteiger partial charge in [0.25, 0.3) is 0 Å². The molecular formula is C13H18N2O2. The summed E-state index contributed by atoms with van der Waals surface area (Å²) < 4.78 is 4.65. The highest BCUT2D eigenvalue weighted by atomic mass is 16.5. The molecule has 17 heavy (non-hydrogen) atoms. The number of nitrogens with zero attached hydrogens (tertiary/aromatic N) is 1. The van der Waals surface area contributed by atoms with Gasteiger partial charge in [0.15, 0.2) is 0 Å². The number of rotatable bonds is 4. The first-order valence-corrected chi connectivity index (χ1v) is 5.85. The smallest absolute Gasteiger partial charge is 0.356 e. The largest absolute Gasteiger partial charge is 0.464 e. The number of carbonyl (C=O) groups excluding carboxylic acids is 1. The lowest BCUT2D eigenvalue weighted by Crippen LogP contribution is -2.33. The van der Waals surface area contributed by atoms with E-state index in [-0.39, 0.29) is 5.54 Å². The molecule has 0 unspecified atom stereocenters. The van der Waals surface area contributed by atoms with Gasteiger partial charge in [-0.2, -0.15) is 0 Å². The fourth-order valence-corrected chi connectivity index (χ4v) is 2.00. The van der Waals surface area contributed by atoms with Gasteiger partial charge in [-0.05, 0) is 44.7 Å². The third-order valence-electron chi connectivity index (χ3n) is 3.22. The first kappa shape index (κ1) is 11.9. The molecule has 0 aliphatic heterocycles. The van der Waals surface area contributed by atoms with Gasteiger partial charge in [-0.3, -0.25) is 0 Å². The predicted molar refractivity (Wildman–Crippen MR) is 66.0 cm³/mol. The molecule has 1 N–H and O–H groups in total. The summed E-state index contributed by atoms with van der Waals surface area (Å²) in [7, 11) is 1.36. The van der Waals surface area contributed by atoms with Gasteiger partial charge in [0.1, 0.15) is 5.69 Å². The van der Waals surface area contributed by atoms with Gasteiger partial charge in [-0.1, -0.05) is 0 Å². The predicted octanol–water partition coefficient (Wildman–Crippen LogP) is 2.47. The quantitative estimate of drug-likeness (QED) is 0.813. The fourth-order valence-electron chi connectivity index (χ4n) is 2.00. The van der Waals surface area contributed by atoms with Gasteiger partial charge >= 0.3 is 5.97 Å². The third kappa shape index (κ3) is 2.75. The Hall–Kier alpha value is -1.58. The molecule has 4 nitrogen and oxygen atoms in total.